The van der Waals surface area contributed by atoms with Crippen LogP contribution in [0.5, 0.6) is 5.75 Å². The molecule has 0 saturated carbocycles. The monoisotopic (exact) mass is 366 g/mol. The molecule has 0 aromatic heterocycles. The standard InChI is InChI=1S/C18H17F3N2O3/c19-18(20,21)26-15-10-5-4-9-14(15)23-16(24)11-6-12-22-17(25)13-7-2-1-3-8-13/h1-5,7-10H,6,11-12H2,(H,22,25)(H,23,24). The fourth-order valence-corrected chi connectivity index (χ4v) is 2.14. The molecule has 0 radical (unpaired) electrons. The highest BCUT2D eigenvalue weighted by atomic mass is 19.4. The number of ether oxygens (including phenoxy) is 1. The molecule has 0 aliphatic rings. The summed E-state index contributed by atoms with van der Waals surface area (Å²) in [6.45, 7) is 0.266. The molecule has 138 valence electrons. The van der Waals surface area contributed by atoms with Crippen LogP contribution < -0.4 is 15.4 Å². The molecule has 2 N–H and O–H groups in total. The van der Waals surface area contributed by atoms with Crippen LogP contribution in [-0.2, 0) is 4.79 Å². The van der Waals surface area contributed by atoms with Crippen LogP contribution in [0.3, 0.4) is 0 Å². The summed E-state index contributed by atoms with van der Waals surface area (Å²) in [7, 11) is 0. The average Bonchev–Trinajstić information content (AvgIpc) is 2.60. The molecule has 0 atom stereocenters. The van der Waals surface area contributed by atoms with Crippen LogP contribution in [-0.4, -0.2) is 24.7 Å². The van der Waals surface area contributed by atoms with Crippen LogP contribution in [0.2, 0.25) is 0 Å². The van der Waals surface area contributed by atoms with Gasteiger partial charge in [-0.1, -0.05) is 30.3 Å². The first-order valence-corrected chi connectivity index (χ1v) is 7.83. The lowest BCUT2D eigenvalue weighted by molar-refractivity contribution is -0.274. The molecule has 0 aliphatic carbocycles. The molecule has 5 nitrogen and oxygen atoms in total. The first-order chi connectivity index (χ1) is 12.3. The molecule has 26 heavy (non-hydrogen) atoms. The van der Waals surface area contributed by atoms with Crippen molar-refractivity contribution in [3.05, 3.63) is 60.2 Å². The molecular weight excluding hydrogens is 349 g/mol. The molecule has 0 heterocycles. The molecule has 0 unspecified atom stereocenters. The number of carbonyl (C=O) groups is 2. The number of benzene rings is 2. The molecule has 0 fully saturated rings. The lowest BCUT2D eigenvalue weighted by Gasteiger charge is -2.13. The van der Waals surface area contributed by atoms with E-state index in [1.165, 1.54) is 18.2 Å². The first kappa shape index (κ1) is 19.3. The maximum atomic E-state index is 12.3. The highest BCUT2D eigenvalue weighted by Crippen LogP contribution is 2.29. The lowest BCUT2D eigenvalue weighted by atomic mass is 10.2. The summed E-state index contributed by atoms with van der Waals surface area (Å²) in [5.41, 5.74) is 0.443. The molecule has 0 saturated heterocycles. The van der Waals surface area contributed by atoms with Crippen LogP contribution in [0.15, 0.2) is 54.6 Å². The number of hydrogen-bond acceptors (Lipinski definition) is 3. The van der Waals surface area contributed by atoms with Gasteiger partial charge in [0.2, 0.25) is 5.91 Å². The lowest BCUT2D eigenvalue weighted by Crippen LogP contribution is -2.25. The summed E-state index contributed by atoms with van der Waals surface area (Å²) in [4.78, 5) is 23.7. The van der Waals surface area contributed by atoms with E-state index in [-0.39, 0.29) is 24.6 Å². The summed E-state index contributed by atoms with van der Waals surface area (Å²) in [6, 6.07) is 13.9. The molecule has 0 bridgehead atoms. The average molecular weight is 366 g/mol. The second-order valence-corrected chi connectivity index (χ2v) is 5.32. The Hall–Kier alpha value is -3.03. The Labute approximate surface area is 148 Å². The molecule has 2 amide bonds. The summed E-state index contributed by atoms with van der Waals surface area (Å²) >= 11 is 0. The van der Waals surface area contributed by atoms with Gasteiger partial charge >= 0.3 is 6.36 Å². The summed E-state index contributed by atoms with van der Waals surface area (Å²) in [6.07, 6.45) is -4.47. The van der Waals surface area contributed by atoms with Crippen molar-refractivity contribution < 1.29 is 27.5 Å². The van der Waals surface area contributed by atoms with E-state index in [1.807, 2.05) is 0 Å². The Morgan fingerprint density at radius 3 is 2.31 bits per heavy atom. The normalized spacial score (nSPS) is 10.9. The molecule has 8 heteroatoms. The van der Waals surface area contributed by atoms with Crippen molar-refractivity contribution in [2.75, 3.05) is 11.9 Å². The smallest absolute Gasteiger partial charge is 0.404 e. The van der Waals surface area contributed by atoms with Crippen molar-refractivity contribution in [2.24, 2.45) is 0 Å². The first-order valence-electron chi connectivity index (χ1n) is 7.83. The summed E-state index contributed by atoms with van der Waals surface area (Å²) in [5.74, 6) is -1.21. The fraction of sp³-hybridized carbons (Fsp3) is 0.222. The van der Waals surface area contributed by atoms with Crippen LogP contribution >= 0.6 is 0 Å². The van der Waals surface area contributed by atoms with Gasteiger partial charge in [0, 0.05) is 18.5 Å². The minimum atomic E-state index is -4.84. The van der Waals surface area contributed by atoms with E-state index in [2.05, 4.69) is 15.4 Å². The van der Waals surface area contributed by atoms with Crippen LogP contribution in [0.25, 0.3) is 0 Å². The molecule has 2 rings (SSSR count). The van der Waals surface area contributed by atoms with Gasteiger partial charge in [0.15, 0.2) is 5.75 Å². The predicted molar refractivity (Wildman–Crippen MR) is 89.8 cm³/mol. The fourth-order valence-electron chi connectivity index (χ4n) is 2.14. The van der Waals surface area contributed by atoms with E-state index in [9.17, 15) is 22.8 Å². The molecule has 0 aliphatic heterocycles. The Balaban J connectivity index is 1.78. The zero-order chi connectivity index (χ0) is 19.0. The van der Waals surface area contributed by atoms with Crippen molar-refractivity contribution in [2.45, 2.75) is 19.2 Å². The van der Waals surface area contributed by atoms with Gasteiger partial charge in [-0.3, -0.25) is 9.59 Å². The summed E-state index contributed by atoms with van der Waals surface area (Å²) in [5, 5.41) is 5.04. The Kier molecular flexibility index (Phi) is 6.60. The minimum Gasteiger partial charge on any atom is -0.404 e. The van der Waals surface area contributed by atoms with E-state index in [1.54, 1.807) is 30.3 Å². The quantitative estimate of drug-likeness (QED) is 0.734. The number of para-hydroxylation sites is 2. The zero-order valence-electron chi connectivity index (χ0n) is 13.7. The Bertz CT molecular complexity index is 749. The second kappa shape index (κ2) is 8.89. The largest absolute Gasteiger partial charge is 0.573 e. The molecular formula is C18H17F3N2O3. The third-order valence-corrected chi connectivity index (χ3v) is 3.29. The number of rotatable bonds is 7. The third-order valence-electron chi connectivity index (χ3n) is 3.29. The van der Waals surface area contributed by atoms with Gasteiger partial charge in [-0.05, 0) is 30.7 Å². The van der Waals surface area contributed by atoms with Crippen LogP contribution in [0.4, 0.5) is 18.9 Å². The van der Waals surface area contributed by atoms with Crippen LogP contribution in [0, 0.1) is 0 Å². The van der Waals surface area contributed by atoms with Gasteiger partial charge in [-0.15, -0.1) is 13.2 Å². The molecule has 2 aromatic carbocycles. The summed E-state index contributed by atoms with van der Waals surface area (Å²) < 4.78 is 40.9. The van der Waals surface area contributed by atoms with Crippen molar-refractivity contribution in [1.29, 1.82) is 0 Å². The topological polar surface area (TPSA) is 67.4 Å². The second-order valence-electron chi connectivity index (χ2n) is 5.32. The Morgan fingerprint density at radius 1 is 0.962 bits per heavy atom. The van der Waals surface area contributed by atoms with Gasteiger partial charge in [0.05, 0.1) is 5.69 Å². The van der Waals surface area contributed by atoms with Gasteiger partial charge in [0.1, 0.15) is 0 Å². The number of carbonyl (C=O) groups excluding carboxylic acids is 2. The van der Waals surface area contributed by atoms with E-state index in [4.69, 9.17) is 0 Å². The SMILES string of the molecule is O=C(CCCNC(=O)c1ccccc1)Nc1ccccc1OC(F)(F)F. The highest BCUT2D eigenvalue weighted by molar-refractivity contribution is 5.94. The highest BCUT2D eigenvalue weighted by Gasteiger charge is 2.32. The number of alkyl halides is 3. The van der Waals surface area contributed by atoms with Crippen molar-refractivity contribution >= 4 is 17.5 Å². The van der Waals surface area contributed by atoms with Crippen molar-refractivity contribution in [1.82, 2.24) is 5.32 Å². The maximum Gasteiger partial charge on any atom is 0.573 e. The number of amides is 2. The van der Waals surface area contributed by atoms with Gasteiger partial charge in [-0.25, -0.2) is 0 Å². The number of hydrogen-bond donors (Lipinski definition) is 2. The van der Waals surface area contributed by atoms with Crippen molar-refractivity contribution in [3.8, 4) is 5.75 Å². The number of halogens is 3. The number of anilines is 1. The maximum absolute atomic E-state index is 12.3. The van der Waals surface area contributed by atoms with E-state index >= 15 is 0 Å². The van der Waals surface area contributed by atoms with Gasteiger partial charge in [-0.2, -0.15) is 0 Å². The number of nitrogens with one attached hydrogen (secondary N) is 2. The van der Waals surface area contributed by atoms with Crippen molar-refractivity contribution in [3.63, 3.8) is 0 Å². The minimum absolute atomic E-state index is 0.0371. The zero-order valence-corrected chi connectivity index (χ0v) is 13.7. The van der Waals surface area contributed by atoms with Crippen LogP contribution in [0.1, 0.15) is 23.2 Å². The third kappa shape index (κ3) is 6.46. The molecule has 0 spiro atoms. The van der Waals surface area contributed by atoms with E-state index in [0.29, 0.717) is 12.0 Å². The van der Waals surface area contributed by atoms with E-state index in [0.717, 1.165) is 6.07 Å². The van der Waals surface area contributed by atoms with Gasteiger partial charge < -0.3 is 15.4 Å². The Morgan fingerprint density at radius 2 is 1.62 bits per heavy atom. The molecule has 2 aromatic rings. The van der Waals surface area contributed by atoms with E-state index < -0.39 is 18.0 Å². The predicted octanol–water partition coefficient (Wildman–Crippen LogP) is 3.73. The van der Waals surface area contributed by atoms with Gasteiger partial charge in [0.25, 0.3) is 5.91 Å².